The van der Waals surface area contributed by atoms with Crippen LogP contribution in [0.25, 0.3) is 27.6 Å². The first kappa shape index (κ1) is 69.5. The molecule has 16 N–H and O–H groups in total. The standard InChI is InChI=1S/C14H16N4O2.C13H18N4O3.C13H16N4O3.C13H14N4O3.C12H14N4O2/c1-3-14(7-19)9(2)6-12(20-14)10-4-5-11-13(15)16-8-17-18(10)11;2*1-8-4-11(20-13(8,5-18)6-19)9-2-3-10-12(14)15-7-16-17(9)10;1-2-13(6-18)11(19)5-10(20-13)8-3-4-9-12(14)15-7-16-17(8)9;1-7-4-10(18-11(7)5-17)8-2-3-9-12(13)14-6-15-16(8)9/h1,4-5,8-9,12,19H,6-7H2,2H3,(H2,15,16,17);2-3,7-8,11,18-19H,4-6H2,1H3,(H2,14,15,16);2-3,5,7-8,11,19H,4,6H2,1H3,(H2,14,15,16);1,3-4,7,10-11,18-19H,5-6H2,(H2,14,15,16);2-3,5-7,10-11H,4H2,1H3,(H2,13,14,15)/t9-,12+,14+;8-,11+;8-,11+,13+;10-,11+,13-;7-,10+,11+/m00010/s1. The number of aliphatic hydroxyl groups is 6. The van der Waals surface area contributed by atoms with Crippen molar-refractivity contribution in [3.63, 3.8) is 0 Å². The Bertz CT molecular complexity index is 4460. The van der Waals surface area contributed by atoms with Crippen molar-refractivity contribution in [2.45, 2.75) is 125 Å². The molecule has 0 amide bonds. The number of fused-ring (bicyclic) bond motifs is 5. The molecule has 0 radical (unpaired) electrons. The second kappa shape index (κ2) is 28.3. The number of hydrogen-bond acceptors (Lipinski definition) is 28. The molecule has 5 saturated heterocycles. The summed E-state index contributed by atoms with van der Waals surface area (Å²) in [5.74, 6) is 7.20. The topological polar surface area (TPSA) is 483 Å². The molecule has 516 valence electrons. The largest absolute Gasteiger partial charge is 0.393 e. The predicted molar refractivity (Wildman–Crippen MR) is 352 cm³/mol. The van der Waals surface area contributed by atoms with Gasteiger partial charge in [0.25, 0.3) is 0 Å². The fourth-order valence-corrected chi connectivity index (χ4v) is 13.2. The molecule has 0 aromatic carbocycles. The first-order valence-corrected chi connectivity index (χ1v) is 31.5. The summed E-state index contributed by atoms with van der Waals surface area (Å²) in [6, 6.07) is 18.5. The molecule has 10 aromatic heterocycles. The zero-order valence-corrected chi connectivity index (χ0v) is 54.0. The van der Waals surface area contributed by atoms with E-state index < -0.39 is 41.2 Å². The zero-order chi connectivity index (χ0) is 70.0. The minimum absolute atomic E-state index is 0.0484. The Morgan fingerprint density at radius 2 is 0.806 bits per heavy atom. The highest BCUT2D eigenvalue weighted by atomic mass is 16.6. The van der Waals surface area contributed by atoms with Gasteiger partial charge in [0.2, 0.25) is 0 Å². The smallest absolute Gasteiger partial charge is 0.177 e. The van der Waals surface area contributed by atoms with Crippen LogP contribution in [0.1, 0.15) is 119 Å². The van der Waals surface area contributed by atoms with Crippen LogP contribution in [0.3, 0.4) is 0 Å². The fourth-order valence-electron chi connectivity index (χ4n) is 13.2. The van der Waals surface area contributed by atoms with E-state index in [2.05, 4.69) is 62.3 Å². The Balaban J connectivity index is 0.000000124. The molecule has 0 spiro atoms. The van der Waals surface area contributed by atoms with Gasteiger partial charge in [-0.05, 0) is 104 Å². The van der Waals surface area contributed by atoms with E-state index in [0.29, 0.717) is 64.9 Å². The van der Waals surface area contributed by atoms with E-state index in [9.17, 15) is 40.2 Å². The third kappa shape index (κ3) is 12.5. The lowest BCUT2D eigenvalue weighted by Crippen LogP contribution is -2.42. The molecule has 5 aliphatic rings. The van der Waals surface area contributed by atoms with Gasteiger partial charge in [-0.25, -0.2) is 47.5 Å². The first-order valence-electron chi connectivity index (χ1n) is 31.5. The Morgan fingerprint density at radius 1 is 0.459 bits per heavy atom. The van der Waals surface area contributed by atoms with Gasteiger partial charge in [-0.3, -0.25) is 0 Å². The highest BCUT2D eigenvalue weighted by molar-refractivity contribution is 5.69. The number of aliphatic hydroxyl groups excluding tert-OH is 6. The van der Waals surface area contributed by atoms with Crippen molar-refractivity contribution in [3.05, 3.63) is 121 Å². The molecule has 5 aliphatic heterocycles. The number of anilines is 5. The average molecular weight is 1350 g/mol. The number of nitrogens with zero attached hydrogens (tertiary/aromatic N) is 15. The summed E-state index contributed by atoms with van der Waals surface area (Å²) in [5, 5.41) is 78.3. The van der Waals surface area contributed by atoms with Crippen molar-refractivity contribution in [3.8, 4) is 24.7 Å². The maximum Gasteiger partial charge on any atom is 0.177 e. The van der Waals surface area contributed by atoms with Crippen molar-refractivity contribution >= 4 is 69.2 Å². The van der Waals surface area contributed by atoms with Crippen molar-refractivity contribution < 1.29 is 63.9 Å². The van der Waals surface area contributed by atoms with Crippen molar-refractivity contribution in [1.29, 1.82) is 0 Å². The predicted octanol–water partition coefficient (Wildman–Crippen LogP) is 1.72. The lowest BCUT2D eigenvalue weighted by atomic mass is 9.89. The number of ether oxygens (including phenoxy) is 5. The number of terminal acetylenes is 2. The molecule has 0 aliphatic carbocycles. The number of rotatable bonds is 12. The van der Waals surface area contributed by atoms with Crippen LogP contribution < -0.4 is 28.7 Å². The first-order chi connectivity index (χ1) is 47.1. The molecule has 0 bridgehead atoms. The fraction of sp³-hybridized carbons (Fsp3) is 0.446. The van der Waals surface area contributed by atoms with Crippen LogP contribution in [0.2, 0.25) is 0 Å². The van der Waals surface area contributed by atoms with E-state index in [1.165, 1.54) is 31.6 Å². The van der Waals surface area contributed by atoms with Gasteiger partial charge in [0, 0.05) is 12.3 Å². The van der Waals surface area contributed by atoms with Crippen LogP contribution in [0, 0.1) is 48.4 Å². The van der Waals surface area contributed by atoms with Gasteiger partial charge < -0.3 is 92.6 Å². The zero-order valence-electron chi connectivity index (χ0n) is 54.0. The Morgan fingerprint density at radius 3 is 1.11 bits per heavy atom. The highest BCUT2D eigenvalue weighted by Crippen LogP contribution is 2.47. The average Bonchev–Trinajstić information content (AvgIpc) is 1.64. The summed E-state index contributed by atoms with van der Waals surface area (Å²) in [6.45, 7) is 6.48. The van der Waals surface area contributed by atoms with Gasteiger partial charge in [-0.2, -0.15) is 25.5 Å². The molecule has 15 rings (SSSR count). The van der Waals surface area contributed by atoms with Crippen molar-refractivity contribution in [1.82, 2.24) is 73.0 Å². The van der Waals surface area contributed by atoms with Gasteiger partial charge in [-0.1, -0.05) is 39.5 Å². The van der Waals surface area contributed by atoms with Gasteiger partial charge in [0.05, 0.1) is 67.6 Å². The van der Waals surface area contributed by atoms with E-state index in [1.54, 1.807) is 34.7 Å². The molecular formula is C65H78N20O13. The molecule has 0 unspecified atom stereocenters. The summed E-state index contributed by atoms with van der Waals surface area (Å²) >= 11 is 0. The number of carbonyl (C=O) groups is 2. The SMILES string of the molecule is C#C[C@]1(CO)O[C@@H](c2ccc3c(N)ncnn23)C[C@@H]1C.C#C[C@]1(CO)O[C@@H](c2ccc3c(N)ncnn23)C[C@@H]1O.C[C@H]1C[C@H](c2ccc3c(N)ncnn23)OC1(CO)CO.C[C@H]1C[C@H](c2ccc3c(N)ncnn23)O[C@@H]1C=O.C[C@H]1C[C@H](c2ccc3c(N)ncnn23)O[C@]1(C=O)CO. The third-order valence-corrected chi connectivity index (χ3v) is 19.4. The van der Waals surface area contributed by atoms with E-state index >= 15 is 0 Å². The number of carbonyl (C=O) groups excluding carboxylic acids is 2. The number of nitrogens with two attached hydrogens (primary N) is 5. The molecule has 10 aromatic rings. The molecule has 15 heterocycles. The molecule has 5 fully saturated rings. The monoisotopic (exact) mass is 1350 g/mol. The van der Waals surface area contributed by atoms with Crippen LogP contribution in [-0.2, 0) is 33.3 Å². The Hall–Kier alpha value is -9.88. The Labute approximate surface area is 559 Å². The molecule has 33 nitrogen and oxygen atoms in total. The van der Waals surface area contributed by atoms with Crippen LogP contribution >= 0.6 is 0 Å². The lowest BCUT2D eigenvalue weighted by molar-refractivity contribution is -0.140. The Kier molecular flexibility index (Phi) is 20.1. The van der Waals surface area contributed by atoms with Crippen molar-refractivity contribution in [2.24, 2.45) is 23.7 Å². The van der Waals surface area contributed by atoms with Gasteiger partial charge in [0.1, 0.15) is 113 Å². The van der Waals surface area contributed by atoms with E-state index in [1.807, 2.05) is 76.2 Å². The van der Waals surface area contributed by atoms with Crippen LogP contribution in [0.5, 0.6) is 0 Å². The number of hydrogen-bond donors (Lipinski definition) is 11. The quantitative estimate of drug-likeness (QED) is 0.0613. The summed E-state index contributed by atoms with van der Waals surface area (Å²) in [5.41, 5.74) is 32.4. The van der Waals surface area contributed by atoms with E-state index in [-0.39, 0.29) is 87.0 Å². The van der Waals surface area contributed by atoms with Gasteiger partial charge in [-0.15, -0.1) is 12.8 Å². The summed E-state index contributed by atoms with van der Waals surface area (Å²) in [7, 11) is 0. The molecule has 33 heteroatoms. The van der Waals surface area contributed by atoms with Crippen LogP contribution in [0.15, 0.2) is 92.3 Å². The molecule has 98 heavy (non-hydrogen) atoms. The van der Waals surface area contributed by atoms with Gasteiger partial charge >= 0.3 is 0 Å². The van der Waals surface area contributed by atoms with Gasteiger partial charge in [0.15, 0.2) is 46.6 Å². The van der Waals surface area contributed by atoms with Crippen molar-refractivity contribution in [2.75, 3.05) is 61.7 Å². The number of aldehydes is 2. The second-order valence-electron chi connectivity index (χ2n) is 25.0. The third-order valence-electron chi connectivity index (χ3n) is 19.4. The highest BCUT2D eigenvalue weighted by Gasteiger charge is 2.51. The minimum atomic E-state index is -1.37. The molecule has 14 atom stereocenters. The molecule has 0 saturated carbocycles. The van der Waals surface area contributed by atoms with Crippen LogP contribution in [-0.4, -0.2) is 184 Å². The van der Waals surface area contributed by atoms with E-state index in [0.717, 1.165) is 58.5 Å². The maximum absolute atomic E-state index is 11.3. The van der Waals surface area contributed by atoms with E-state index in [4.69, 9.17) is 65.2 Å². The summed E-state index contributed by atoms with van der Waals surface area (Å²) in [6.07, 6.45) is 19.9. The molecular weight excluding hydrogens is 1270 g/mol. The lowest BCUT2D eigenvalue weighted by Gasteiger charge is -2.28. The summed E-state index contributed by atoms with van der Waals surface area (Å²) < 4.78 is 37.5. The summed E-state index contributed by atoms with van der Waals surface area (Å²) in [4.78, 5) is 41.8. The maximum atomic E-state index is 11.3. The normalized spacial score (nSPS) is 28.5. The minimum Gasteiger partial charge on any atom is -0.393 e. The van der Waals surface area contributed by atoms with Crippen LogP contribution in [0.4, 0.5) is 29.1 Å². The number of aromatic nitrogens is 15. The second-order valence-corrected chi connectivity index (χ2v) is 25.0. The number of nitrogen functional groups attached to an aromatic ring is 5.